The maximum absolute atomic E-state index is 5.74. The topological polar surface area (TPSA) is 43.8 Å². The van der Waals surface area contributed by atoms with Crippen molar-refractivity contribution in [2.24, 2.45) is 5.73 Å². The van der Waals surface area contributed by atoms with Gasteiger partial charge in [-0.15, -0.1) is 11.8 Å². The lowest BCUT2D eigenvalue weighted by molar-refractivity contribution is 0.794. The molecule has 0 saturated heterocycles. The Morgan fingerprint density at radius 2 is 2.00 bits per heavy atom. The van der Waals surface area contributed by atoms with Crippen molar-refractivity contribution >= 4 is 22.8 Å². The zero-order valence-corrected chi connectivity index (χ0v) is 13.2. The number of hydrogen-bond donors (Lipinski definition) is 1. The van der Waals surface area contributed by atoms with Gasteiger partial charge >= 0.3 is 0 Å². The van der Waals surface area contributed by atoms with E-state index in [2.05, 4.69) is 60.2 Å². The number of aromatic nitrogens is 2. The highest BCUT2D eigenvalue weighted by Gasteiger charge is 2.14. The van der Waals surface area contributed by atoms with Crippen LogP contribution in [-0.4, -0.2) is 15.8 Å². The third-order valence-electron chi connectivity index (χ3n) is 3.71. The van der Waals surface area contributed by atoms with Crippen LogP contribution >= 0.6 is 11.8 Å². The SMILES string of the molecule is CCn1c(-c2ccccc2SC)nc2cc(CN)ccc21. The number of nitrogens with two attached hydrogens (primary N) is 1. The maximum Gasteiger partial charge on any atom is 0.142 e. The Kier molecular flexibility index (Phi) is 3.99. The summed E-state index contributed by atoms with van der Waals surface area (Å²) in [5, 5.41) is 0. The molecule has 2 aromatic carbocycles. The van der Waals surface area contributed by atoms with Crippen molar-refractivity contribution in [2.75, 3.05) is 6.26 Å². The second-order valence-corrected chi connectivity index (χ2v) is 5.76. The first-order valence-electron chi connectivity index (χ1n) is 7.11. The predicted octanol–water partition coefficient (Wildman–Crippen LogP) is 3.90. The molecule has 4 heteroatoms. The van der Waals surface area contributed by atoms with E-state index in [0.717, 1.165) is 23.4 Å². The minimum Gasteiger partial charge on any atom is -0.326 e. The summed E-state index contributed by atoms with van der Waals surface area (Å²) in [6.07, 6.45) is 2.10. The molecule has 3 aromatic rings. The van der Waals surface area contributed by atoms with Crippen LogP contribution < -0.4 is 5.73 Å². The molecule has 0 amide bonds. The van der Waals surface area contributed by atoms with Crippen LogP contribution in [0, 0.1) is 0 Å². The number of benzene rings is 2. The van der Waals surface area contributed by atoms with E-state index >= 15 is 0 Å². The summed E-state index contributed by atoms with van der Waals surface area (Å²) in [5.41, 5.74) is 10.2. The number of imidazole rings is 1. The average molecular weight is 297 g/mol. The molecule has 1 aromatic heterocycles. The van der Waals surface area contributed by atoms with Gasteiger partial charge in [0.05, 0.1) is 11.0 Å². The Balaban J connectivity index is 2.26. The van der Waals surface area contributed by atoms with Crippen molar-refractivity contribution in [2.45, 2.75) is 24.9 Å². The molecular weight excluding hydrogens is 278 g/mol. The van der Waals surface area contributed by atoms with Crippen molar-refractivity contribution in [3.63, 3.8) is 0 Å². The first kappa shape index (κ1) is 14.2. The van der Waals surface area contributed by atoms with Gasteiger partial charge in [0, 0.05) is 23.5 Å². The molecule has 3 nitrogen and oxygen atoms in total. The Morgan fingerprint density at radius 1 is 1.19 bits per heavy atom. The van der Waals surface area contributed by atoms with Crippen molar-refractivity contribution in [3.8, 4) is 11.4 Å². The van der Waals surface area contributed by atoms with E-state index in [-0.39, 0.29) is 0 Å². The monoisotopic (exact) mass is 297 g/mol. The number of hydrogen-bond acceptors (Lipinski definition) is 3. The highest BCUT2D eigenvalue weighted by molar-refractivity contribution is 7.98. The lowest BCUT2D eigenvalue weighted by Gasteiger charge is -2.09. The minimum atomic E-state index is 0.547. The van der Waals surface area contributed by atoms with Crippen LogP contribution in [0.3, 0.4) is 0 Å². The number of rotatable bonds is 4. The molecule has 0 unspecified atom stereocenters. The molecule has 0 fully saturated rings. The molecule has 0 atom stereocenters. The molecule has 0 bridgehead atoms. The molecule has 3 rings (SSSR count). The molecular formula is C17H19N3S. The molecule has 0 spiro atoms. The van der Waals surface area contributed by atoms with Gasteiger partial charge in [0.15, 0.2) is 0 Å². The van der Waals surface area contributed by atoms with E-state index in [1.54, 1.807) is 11.8 Å². The lowest BCUT2D eigenvalue weighted by atomic mass is 10.2. The van der Waals surface area contributed by atoms with E-state index in [1.807, 2.05) is 0 Å². The van der Waals surface area contributed by atoms with Gasteiger partial charge in [-0.05, 0) is 36.9 Å². The molecule has 0 radical (unpaired) electrons. The van der Waals surface area contributed by atoms with Gasteiger partial charge in [-0.2, -0.15) is 0 Å². The Morgan fingerprint density at radius 3 is 2.71 bits per heavy atom. The van der Waals surface area contributed by atoms with Gasteiger partial charge in [-0.3, -0.25) is 0 Å². The van der Waals surface area contributed by atoms with Crippen LogP contribution in [-0.2, 0) is 13.1 Å². The van der Waals surface area contributed by atoms with Crippen LogP contribution in [0.2, 0.25) is 0 Å². The number of thioether (sulfide) groups is 1. The van der Waals surface area contributed by atoms with E-state index in [9.17, 15) is 0 Å². The fourth-order valence-electron chi connectivity index (χ4n) is 2.66. The second-order valence-electron chi connectivity index (χ2n) is 4.91. The van der Waals surface area contributed by atoms with Gasteiger partial charge in [0.1, 0.15) is 5.82 Å². The van der Waals surface area contributed by atoms with Crippen LogP contribution in [0.25, 0.3) is 22.4 Å². The molecule has 1 heterocycles. The first-order valence-corrected chi connectivity index (χ1v) is 8.33. The Hall–Kier alpha value is -1.78. The summed E-state index contributed by atoms with van der Waals surface area (Å²) in [5.74, 6) is 1.03. The normalized spacial score (nSPS) is 11.2. The first-order chi connectivity index (χ1) is 10.3. The zero-order chi connectivity index (χ0) is 14.8. The molecule has 21 heavy (non-hydrogen) atoms. The van der Waals surface area contributed by atoms with Gasteiger partial charge < -0.3 is 10.3 Å². The molecule has 108 valence electrons. The molecule has 0 aliphatic carbocycles. The fourth-order valence-corrected chi connectivity index (χ4v) is 3.25. The minimum absolute atomic E-state index is 0.547. The van der Waals surface area contributed by atoms with Gasteiger partial charge in [-0.25, -0.2) is 4.98 Å². The van der Waals surface area contributed by atoms with E-state index in [1.165, 1.54) is 16.0 Å². The smallest absolute Gasteiger partial charge is 0.142 e. The maximum atomic E-state index is 5.74. The average Bonchev–Trinajstić information content (AvgIpc) is 2.91. The molecule has 0 saturated carbocycles. The molecule has 0 aliphatic rings. The summed E-state index contributed by atoms with van der Waals surface area (Å²) in [4.78, 5) is 6.12. The van der Waals surface area contributed by atoms with Gasteiger partial charge in [-0.1, -0.05) is 24.3 Å². The third kappa shape index (κ3) is 2.45. The van der Waals surface area contributed by atoms with Crippen molar-refractivity contribution < 1.29 is 0 Å². The predicted molar refractivity (Wildman–Crippen MR) is 90.5 cm³/mol. The van der Waals surface area contributed by atoms with E-state index < -0.39 is 0 Å². The fraction of sp³-hybridized carbons (Fsp3) is 0.235. The third-order valence-corrected chi connectivity index (χ3v) is 4.51. The van der Waals surface area contributed by atoms with Crippen LogP contribution in [0.1, 0.15) is 12.5 Å². The van der Waals surface area contributed by atoms with Crippen LogP contribution in [0.5, 0.6) is 0 Å². The van der Waals surface area contributed by atoms with E-state index in [4.69, 9.17) is 10.7 Å². The number of nitrogens with zero attached hydrogens (tertiary/aromatic N) is 2. The summed E-state index contributed by atoms with van der Waals surface area (Å²) < 4.78 is 2.27. The van der Waals surface area contributed by atoms with Crippen molar-refractivity contribution in [1.82, 2.24) is 9.55 Å². The quantitative estimate of drug-likeness (QED) is 0.743. The van der Waals surface area contributed by atoms with Crippen molar-refractivity contribution in [1.29, 1.82) is 0 Å². The summed E-state index contributed by atoms with van der Waals surface area (Å²) in [6.45, 7) is 3.60. The van der Waals surface area contributed by atoms with Gasteiger partial charge in [0.25, 0.3) is 0 Å². The summed E-state index contributed by atoms with van der Waals surface area (Å²) >= 11 is 1.75. The van der Waals surface area contributed by atoms with Crippen molar-refractivity contribution in [3.05, 3.63) is 48.0 Å². The number of aryl methyl sites for hydroxylation is 1. The Bertz CT molecular complexity index is 777. The largest absolute Gasteiger partial charge is 0.326 e. The summed E-state index contributed by atoms with van der Waals surface area (Å²) in [6, 6.07) is 14.7. The zero-order valence-electron chi connectivity index (χ0n) is 12.3. The molecule has 0 aliphatic heterocycles. The van der Waals surface area contributed by atoms with Gasteiger partial charge in [0.2, 0.25) is 0 Å². The summed E-state index contributed by atoms with van der Waals surface area (Å²) in [7, 11) is 0. The Labute approximate surface area is 129 Å². The second kappa shape index (κ2) is 5.92. The highest BCUT2D eigenvalue weighted by atomic mass is 32.2. The standard InChI is InChI=1S/C17H19N3S/c1-3-20-15-9-8-12(11-18)10-14(15)19-17(20)13-6-4-5-7-16(13)21-2/h4-10H,3,11,18H2,1-2H3. The van der Waals surface area contributed by atoms with Crippen LogP contribution in [0.15, 0.2) is 47.4 Å². The van der Waals surface area contributed by atoms with E-state index in [0.29, 0.717) is 6.54 Å². The van der Waals surface area contributed by atoms with Crippen LogP contribution in [0.4, 0.5) is 0 Å². The molecule has 2 N–H and O–H groups in total. The highest BCUT2D eigenvalue weighted by Crippen LogP contribution is 2.32. The lowest BCUT2D eigenvalue weighted by Crippen LogP contribution is -1.99. The number of fused-ring (bicyclic) bond motifs is 1.